The van der Waals surface area contributed by atoms with Gasteiger partial charge in [0, 0.05) is 12.7 Å². The molecule has 1 fully saturated rings. The topological polar surface area (TPSA) is 90.7 Å². The average molecular weight is 278 g/mol. The van der Waals surface area contributed by atoms with Gasteiger partial charge >= 0.3 is 5.97 Å². The zero-order valence-electron chi connectivity index (χ0n) is 11.4. The lowest BCUT2D eigenvalue weighted by Gasteiger charge is -2.34. The number of carboxylic acid groups (broad SMARTS) is 1. The first-order valence-corrected chi connectivity index (χ1v) is 6.70. The summed E-state index contributed by atoms with van der Waals surface area (Å²) in [6, 6.07) is 1.31. The zero-order chi connectivity index (χ0) is 14.8. The molecule has 6 heteroatoms. The second-order valence-corrected chi connectivity index (χ2v) is 5.08. The first-order chi connectivity index (χ1) is 9.51. The molecule has 1 aromatic rings. The van der Waals surface area contributed by atoms with Crippen molar-refractivity contribution in [3.63, 3.8) is 0 Å². The van der Waals surface area contributed by atoms with Crippen LogP contribution in [-0.2, 0) is 4.79 Å². The lowest BCUT2D eigenvalue weighted by Crippen LogP contribution is -2.53. The van der Waals surface area contributed by atoms with Crippen molar-refractivity contribution in [2.75, 3.05) is 6.54 Å². The fourth-order valence-electron chi connectivity index (χ4n) is 2.88. The summed E-state index contributed by atoms with van der Waals surface area (Å²) in [4.78, 5) is 29.4. The Bertz CT molecular complexity index is 532. The second kappa shape index (κ2) is 5.48. The molecule has 108 valence electrons. The molecule has 6 nitrogen and oxygen atoms in total. The van der Waals surface area contributed by atoms with Gasteiger partial charge in [0.15, 0.2) is 0 Å². The van der Waals surface area contributed by atoms with Gasteiger partial charge in [0.05, 0.1) is 11.8 Å². The highest BCUT2D eigenvalue weighted by Gasteiger charge is 2.49. The van der Waals surface area contributed by atoms with Crippen molar-refractivity contribution < 1.29 is 19.8 Å². The predicted molar refractivity (Wildman–Crippen MR) is 71.4 cm³/mol. The minimum Gasteiger partial charge on any atom is -0.506 e. The molecule has 20 heavy (non-hydrogen) atoms. The molecule has 1 aliphatic rings. The summed E-state index contributed by atoms with van der Waals surface area (Å²) in [5.74, 6) is -1.45. The summed E-state index contributed by atoms with van der Waals surface area (Å²) in [6.07, 6.45) is 4.84. The van der Waals surface area contributed by atoms with E-state index in [1.165, 1.54) is 23.4 Å². The van der Waals surface area contributed by atoms with Gasteiger partial charge < -0.3 is 15.1 Å². The summed E-state index contributed by atoms with van der Waals surface area (Å²) in [7, 11) is 0. The van der Waals surface area contributed by atoms with E-state index in [1.807, 2.05) is 6.92 Å². The Kier molecular flexibility index (Phi) is 3.92. The Labute approximate surface area is 117 Å². The van der Waals surface area contributed by atoms with Crippen molar-refractivity contribution in [1.82, 2.24) is 9.88 Å². The molecule has 0 spiro atoms. The molecule has 1 aliphatic heterocycles. The van der Waals surface area contributed by atoms with Crippen LogP contribution >= 0.6 is 0 Å². The molecule has 2 N–H and O–H groups in total. The molecule has 0 aromatic carbocycles. The summed E-state index contributed by atoms with van der Waals surface area (Å²) in [5.41, 5.74) is -0.911. The number of amides is 1. The maximum atomic E-state index is 12.5. The van der Waals surface area contributed by atoms with Crippen LogP contribution in [0.4, 0.5) is 0 Å². The summed E-state index contributed by atoms with van der Waals surface area (Å²) in [6.45, 7) is 2.32. The number of carboxylic acids is 1. The first kappa shape index (κ1) is 14.3. The van der Waals surface area contributed by atoms with Gasteiger partial charge in [-0.3, -0.25) is 9.78 Å². The van der Waals surface area contributed by atoms with Gasteiger partial charge in [-0.1, -0.05) is 13.3 Å². The van der Waals surface area contributed by atoms with Crippen LogP contribution in [0.1, 0.15) is 43.0 Å². The Balaban J connectivity index is 2.34. The highest BCUT2D eigenvalue weighted by molar-refractivity contribution is 5.98. The van der Waals surface area contributed by atoms with Crippen molar-refractivity contribution in [2.24, 2.45) is 0 Å². The van der Waals surface area contributed by atoms with Crippen molar-refractivity contribution in [3.8, 4) is 5.75 Å². The third-order valence-corrected chi connectivity index (χ3v) is 3.77. The minimum absolute atomic E-state index is 0.105. The van der Waals surface area contributed by atoms with E-state index in [0.717, 1.165) is 0 Å². The number of likely N-dealkylation sites (tertiary alicyclic amines) is 1. The maximum absolute atomic E-state index is 12.5. The molecule has 2 rings (SSSR count). The van der Waals surface area contributed by atoms with Crippen molar-refractivity contribution >= 4 is 11.9 Å². The van der Waals surface area contributed by atoms with Crippen LogP contribution in [0.25, 0.3) is 0 Å². The van der Waals surface area contributed by atoms with Crippen LogP contribution in [0.3, 0.4) is 0 Å². The van der Waals surface area contributed by atoms with E-state index in [2.05, 4.69) is 4.98 Å². The van der Waals surface area contributed by atoms with Crippen LogP contribution in [-0.4, -0.2) is 44.1 Å². The number of rotatable bonds is 4. The Hall–Kier alpha value is -2.11. The highest BCUT2D eigenvalue weighted by Crippen LogP contribution is 2.35. The Morgan fingerprint density at radius 2 is 2.20 bits per heavy atom. The summed E-state index contributed by atoms with van der Waals surface area (Å²) >= 11 is 0. The molecule has 0 bridgehead atoms. The Morgan fingerprint density at radius 3 is 2.80 bits per heavy atom. The van der Waals surface area contributed by atoms with E-state index >= 15 is 0 Å². The van der Waals surface area contributed by atoms with Gasteiger partial charge in [-0.05, 0) is 25.3 Å². The SMILES string of the molecule is CCCC1(C(=O)O)CCCN1C(=O)c1cncc(O)c1. The van der Waals surface area contributed by atoms with Crippen LogP contribution in [0, 0.1) is 0 Å². The number of pyridine rings is 1. The van der Waals surface area contributed by atoms with Crippen LogP contribution < -0.4 is 0 Å². The maximum Gasteiger partial charge on any atom is 0.329 e. The smallest absolute Gasteiger partial charge is 0.329 e. The van der Waals surface area contributed by atoms with Crippen LogP contribution in [0.15, 0.2) is 18.5 Å². The van der Waals surface area contributed by atoms with Gasteiger partial charge in [-0.2, -0.15) is 0 Å². The lowest BCUT2D eigenvalue weighted by molar-refractivity contribution is -0.148. The van der Waals surface area contributed by atoms with E-state index in [0.29, 0.717) is 32.2 Å². The third kappa shape index (κ3) is 2.33. The number of nitrogens with zero attached hydrogens (tertiary/aromatic N) is 2. The molecule has 1 saturated heterocycles. The number of hydrogen-bond acceptors (Lipinski definition) is 4. The summed E-state index contributed by atoms with van der Waals surface area (Å²) < 4.78 is 0. The second-order valence-electron chi connectivity index (χ2n) is 5.08. The lowest BCUT2D eigenvalue weighted by atomic mass is 9.90. The fourth-order valence-corrected chi connectivity index (χ4v) is 2.88. The number of carbonyl (C=O) groups excluding carboxylic acids is 1. The standard InChI is InChI=1S/C14H18N2O4/c1-2-4-14(13(19)20)5-3-6-16(14)12(18)10-7-11(17)9-15-8-10/h7-9,17H,2-6H2,1H3,(H,19,20). The number of aromatic nitrogens is 1. The first-order valence-electron chi connectivity index (χ1n) is 6.70. The number of aliphatic carboxylic acids is 1. The monoisotopic (exact) mass is 278 g/mol. The minimum atomic E-state index is -1.13. The molecule has 1 aromatic heterocycles. The Morgan fingerprint density at radius 1 is 1.45 bits per heavy atom. The molecule has 1 atom stereocenters. The van der Waals surface area contributed by atoms with Gasteiger partial charge in [0.2, 0.25) is 0 Å². The summed E-state index contributed by atoms with van der Waals surface area (Å²) in [5, 5.41) is 19.0. The number of carbonyl (C=O) groups is 2. The van der Waals surface area contributed by atoms with Gasteiger partial charge in [0.1, 0.15) is 11.3 Å². The molecule has 0 radical (unpaired) electrons. The molecular weight excluding hydrogens is 260 g/mol. The van der Waals surface area contributed by atoms with E-state index in [4.69, 9.17) is 0 Å². The van der Waals surface area contributed by atoms with Crippen molar-refractivity contribution in [1.29, 1.82) is 0 Å². The van der Waals surface area contributed by atoms with E-state index in [1.54, 1.807) is 0 Å². The average Bonchev–Trinajstić information content (AvgIpc) is 2.83. The molecule has 0 aliphatic carbocycles. The van der Waals surface area contributed by atoms with Gasteiger partial charge in [-0.15, -0.1) is 0 Å². The highest BCUT2D eigenvalue weighted by atomic mass is 16.4. The predicted octanol–water partition coefficient (Wildman–Crippen LogP) is 1.65. The normalized spacial score (nSPS) is 21.9. The van der Waals surface area contributed by atoms with Crippen LogP contribution in [0.2, 0.25) is 0 Å². The quantitative estimate of drug-likeness (QED) is 0.873. The van der Waals surface area contributed by atoms with Gasteiger partial charge in [-0.25, -0.2) is 4.79 Å². The van der Waals surface area contributed by atoms with E-state index in [9.17, 15) is 19.8 Å². The van der Waals surface area contributed by atoms with Crippen molar-refractivity contribution in [3.05, 3.63) is 24.0 Å². The molecule has 2 heterocycles. The van der Waals surface area contributed by atoms with Crippen molar-refractivity contribution in [2.45, 2.75) is 38.1 Å². The zero-order valence-corrected chi connectivity index (χ0v) is 11.4. The largest absolute Gasteiger partial charge is 0.506 e. The van der Waals surface area contributed by atoms with Gasteiger partial charge in [0.25, 0.3) is 5.91 Å². The fraction of sp³-hybridized carbons (Fsp3) is 0.500. The molecule has 1 unspecified atom stereocenters. The molecule has 0 saturated carbocycles. The molecule has 1 amide bonds. The number of aromatic hydroxyl groups is 1. The van der Waals surface area contributed by atoms with E-state index < -0.39 is 11.5 Å². The molecular formula is C14H18N2O4. The number of hydrogen-bond donors (Lipinski definition) is 2. The van der Waals surface area contributed by atoms with Crippen LogP contribution in [0.5, 0.6) is 5.75 Å². The van der Waals surface area contributed by atoms with E-state index in [-0.39, 0.29) is 17.2 Å². The third-order valence-electron chi connectivity index (χ3n) is 3.77.